The fourth-order valence-electron chi connectivity index (χ4n) is 1.95. The molecule has 0 saturated carbocycles. The molecule has 1 N–H and O–H groups in total. The van der Waals surface area contributed by atoms with E-state index in [9.17, 15) is 0 Å². The summed E-state index contributed by atoms with van der Waals surface area (Å²) in [6, 6.07) is 18.1. The van der Waals surface area contributed by atoms with Gasteiger partial charge in [-0.25, -0.2) is 0 Å². The summed E-state index contributed by atoms with van der Waals surface area (Å²) < 4.78 is 5.89. The molecule has 0 amide bonds. The average molecular weight is 269 g/mol. The van der Waals surface area contributed by atoms with Gasteiger partial charge >= 0.3 is 0 Å². The zero-order valence-electron chi connectivity index (χ0n) is 11.6. The van der Waals surface area contributed by atoms with Gasteiger partial charge in [0, 0.05) is 0 Å². The van der Waals surface area contributed by atoms with Crippen LogP contribution < -0.4 is 4.74 Å². The van der Waals surface area contributed by atoms with Crippen LogP contribution in [0.5, 0.6) is 5.75 Å². The first-order valence-electron chi connectivity index (χ1n) is 6.72. The Morgan fingerprint density at radius 2 is 1.75 bits per heavy atom. The Balaban J connectivity index is 2.00. The fraction of sp³-hybridized carbons (Fsp3) is 0.235. The molecule has 0 heterocycles. The molecule has 0 fully saturated rings. The monoisotopic (exact) mass is 269 g/mol. The van der Waals surface area contributed by atoms with E-state index in [0.717, 1.165) is 35.4 Å². The van der Waals surface area contributed by atoms with Crippen LogP contribution in [0.3, 0.4) is 0 Å². The largest absolute Gasteiger partial charge is 0.489 e. The summed E-state index contributed by atoms with van der Waals surface area (Å²) in [6.07, 6.45) is 1.53. The zero-order valence-corrected chi connectivity index (χ0v) is 11.6. The highest BCUT2D eigenvalue weighted by Crippen LogP contribution is 2.21. The quantitative estimate of drug-likeness (QED) is 0.488. The summed E-state index contributed by atoms with van der Waals surface area (Å²) in [7, 11) is 0. The molecule has 0 radical (unpaired) electrons. The average Bonchev–Trinajstić information content (AvgIpc) is 2.52. The third-order valence-corrected chi connectivity index (χ3v) is 3.14. The number of nitrogens with zero attached hydrogens (tertiary/aromatic N) is 1. The Morgan fingerprint density at radius 3 is 2.50 bits per heavy atom. The molecule has 2 rings (SSSR count). The lowest BCUT2D eigenvalue weighted by atomic mass is 10.1. The summed E-state index contributed by atoms with van der Waals surface area (Å²) in [5, 5.41) is 11.9. The molecule has 3 nitrogen and oxygen atoms in total. The van der Waals surface area contributed by atoms with E-state index in [4.69, 9.17) is 9.94 Å². The van der Waals surface area contributed by atoms with Gasteiger partial charge in [0.25, 0.3) is 0 Å². The molecule has 0 unspecified atom stereocenters. The van der Waals surface area contributed by atoms with Gasteiger partial charge in [-0.15, -0.1) is 0 Å². The van der Waals surface area contributed by atoms with Crippen molar-refractivity contribution in [1.29, 1.82) is 0 Å². The van der Waals surface area contributed by atoms with Crippen molar-refractivity contribution in [3.05, 3.63) is 65.7 Å². The molecular formula is C17H19NO2. The predicted molar refractivity (Wildman–Crippen MR) is 80.4 cm³/mol. The Hall–Kier alpha value is -2.29. The standard InChI is InChI=1S/C17H19NO2/c1-14(18-19)11-12-16-9-5-6-10-17(16)20-13-15-7-3-2-4-8-15/h2-10,19H,11-13H2,1H3/b18-14+. The molecule has 2 aromatic carbocycles. The molecule has 0 aromatic heterocycles. The molecule has 0 saturated heterocycles. The molecule has 2 aromatic rings. The number of hydrogen-bond acceptors (Lipinski definition) is 3. The number of para-hydroxylation sites is 1. The van der Waals surface area contributed by atoms with Crippen LogP contribution >= 0.6 is 0 Å². The Labute approximate surface area is 119 Å². The Kier molecular flexibility index (Phi) is 5.18. The second-order valence-electron chi connectivity index (χ2n) is 4.72. The van der Waals surface area contributed by atoms with Gasteiger partial charge in [0.2, 0.25) is 0 Å². The van der Waals surface area contributed by atoms with E-state index in [2.05, 4.69) is 5.16 Å². The highest BCUT2D eigenvalue weighted by atomic mass is 16.5. The van der Waals surface area contributed by atoms with Crippen molar-refractivity contribution in [3.8, 4) is 5.75 Å². The number of rotatable bonds is 6. The van der Waals surface area contributed by atoms with Gasteiger partial charge in [-0.3, -0.25) is 0 Å². The Bertz CT molecular complexity index is 564. The number of ether oxygens (including phenoxy) is 1. The van der Waals surface area contributed by atoms with Gasteiger partial charge < -0.3 is 9.94 Å². The van der Waals surface area contributed by atoms with Crippen LogP contribution in [0, 0.1) is 0 Å². The molecule has 20 heavy (non-hydrogen) atoms. The number of oxime groups is 1. The maximum atomic E-state index is 8.69. The lowest BCUT2D eigenvalue weighted by Crippen LogP contribution is -2.00. The molecule has 0 spiro atoms. The van der Waals surface area contributed by atoms with Crippen LogP contribution in [0.4, 0.5) is 0 Å². The van der Waals surface area contributed by atoms with Crippen molar-refractivity contribution in [3.63, 3.8) is 0 Å². The third-order valence-electron chi connectivity index (χ3n) is 3.14. The van der Waals surface area contributed by atoms with E-state index in [0.29, 0.717) is 6.61 Å². The molecular weight excluding hydrogens is 250 g/mol. The third kappa shape index (κ3) is 4.12. The van der Waals surface area contributed by atoms with Crippen LogP contribution in [0.2, 0.25) is 0 Å². The van der Waals surface area contributed by atoms with Crippen molar-refractivity contribution < 1.29 is 9.94 Å². The van der Waals surface area contributed by atoms with Crippen molar-refractivity contribution in [2.24, 2.45) is 5.16 Å². The lowest BCUT2D eigenvalue weighted by molar-refractivity contribution is 0.302. The first kappa shape index (κ1) is 14.1. The molecule has 0 aliphatic heterocycles. The molecule has 0 bridgehead atoms. The van der Waals surface area contributed by atoms with Gasteiger partial charge in [-0.2, -0.15) is 0 Å². The second-order valence-corrected chi connectivity index (χ2v) is 4.72. The van der Waals surface area contributed by atoms with Gasteiger partial charge in [-0.1, -0.05) is 53.7 Å². The Morgan fingerprint density at radius 1 is 1.05 bits per heavy atom. The minimum atomic E-state index is 0.560. The molecule has 0 aliphatic rings. The van der Waals surface area contributed by atoms with E-state index in [1.807, 2.05) is 61.5 Å². The summed E-state index contributed by atoms with van der Waals surface area (Å²) in [6.45, 7) is 2.37. The zero-order chi connectivity index (χ0) is 14.2. The van der Waals surface area contributed by atoms with Gasteiger partial charge in [-0.05, 0) is 37.0 Å². The molecule has 0 atom stereocenters. The summed E-state index contributed by atoms with van der Waals surface area (Å²) in [5.74, 6) is 0.891. The van der Waals surface area contributed by atoms with Crippen LogP contribution in [-0.4, -0.2) is 10.9 Å². The van der Waals surface area contributed by atoms with Crippen molar-refractivity contribution in [2.75, 3.05) is 0 Å². The van der Waals surface area contributed by atoms with Crippen LogP contribution in [0.1, 0.15) is 24.5 Å². The fourth-order valence-corrected chi connectivity index (χ4v) is 1.95. The van der Waals surface area contributed by atoms with Crippen molar-refractivity contribution >= 4 is 5.71 Å². The van der Waals surface area contributed by atoms with E-state index < -0.39 is 0 Å². The van der Waals surface area contributed by atoms with Gasteiger partial charge in [0.1, 0.15) is 12.4 Å². The van der Waals surface area contributed by atoms with Crippen LogP contribution in [-0.2, 0) is 13.0 Å². The number of hydrogen-bond donors (Lipinski definition) is 1. The van der Waals surface area contributed by atoms with E-state index in [-0.39, 0.29) is 0 Å². The first-order valence-corrected chi connectivity index (χ1v) is 6.72. The highest BCUT2D eigenvalue weighted by molar-refractivity contribution is 5.81. The van der Waals surface area contributed by atoms with Gasteiger partial charge in [0.15, 0.2) is 0 Å². The summed E-state index contributed by atoms with van der Waals surface area (Å²) in [4.78, 5) is 0. The number of benzene rings is 2. The van der Waals surface area contributed by atoms with E-state index >= 15 is 0 Å². The van der Waals surface area contributed by atoms with Crippen LogP contribution in [0.15, 0.2) is 59.8 Å². The van der Waals surface area contributed by atoms with Crippen LogP contribution in [0.25, 0.3) is 0 Å². The van der Waals surface area contributed by atoms with E-state index in [1.54, 1.807) is 0 Å². The second kappa shape index (κ2) is 7.34. The maximum Gasteiger partial charge on any atom is 0.123 e. The van der Waals surface area contributed by atoms with Gasteiger partial charge in [0.05, 0.1) is 5.71 Å². The SMILES string of the molecule is C/C(CCc1ccccc1OCc1ccccc1)=N\O. The smallest absolute Gasteiger partial charge is 0.123 e. The minimum absolute atomic E-state index is 0.560. The summed E-state index contributed by atoms with van der Waals surface area (Å²) >= 11 is 0. The summed E-state index contributed by atoms with van der Waals surface area (Å²) in [5.41, 5.74) is 3.00. The minimum Gasteiger partial charge on any atom is -0.489 e. The number of aryl methyl sites for hydroxylation is 1. The molecule has 3 heteroatoms. The predicted octanol–water partition coefficient (Wildman–Crippen LogP) is 4.05. The molecule has 104 valence electrons. The normalized spacial score (nSPS) is 11.3. The van der Waals surface area contributed by atoms with Crippen molar-refractivity contribution in [1.82, 2.24) is 0 Å². The van der Waals surface area contributed by atoms with Crippen molar-refractivity contribution in [2.45, 2.75) is 26.4 Å². The lowest BCUT2D eigenvalue weighted by Gasteiger charge is -2.11. The first-order chi connectivity index (χ1) is 9.79. The topological polar surface area (TPSA) is 41.8 Å². The highest BCUT2D eigenvalue weighted by Gasteiger charge is 2.04. The van der Waals surface area contributed by atoms with E-state index in [1.165, 1.54) is 0 Å². The maximum absolute atomic E-state index is 8.69. The molecule has 0 aliphatic carbocycles.